The molecular weight excluding hydrogens is 322 g/mol. The second-order valence-corrected chi connectivity index (χ2v) is 5.15. The molecule has 0 aliphatic carbocycles. The molecule has 1 aliphatic heterocycles. The van der Waals surface area contributed by atoms with Gasteiger partial charge in [-0.25, -0.2) is 4.98 Å². The van der Waals surface area contributed by atoms with Crippen molar-refractivity contribution in [1.29, 1.82) is 0 Å². The van der Waals surface area contributed by atoms with Gasteiger partial charge in [-0.1, -0.05) is 27.5 Å². The molecule has 1 aliphatic rings. The lowest BCUT2D eigenvalue weighted by Crippen LogP contribution is -2.26. The number of fused-ring (bicyclic) bond motifs is 1. The van der Waals surface area contributed by atoms with Crippen LogP contribution in [0.25, 0.3) is 11.2 Å². The maximum absolute atomic E-state index is 11.9. The van der Waals surface area contributed by atoms with Crippen LogP contribution in [0, 0.1) is 5.92 Å². The van der Waals surface area contributed by atoms with Gasteiger partial charge in [0.05, 0.1) is 6.33 Å². The number of hydrogen-bond donors (Lipinski definition) is 1. The van der Waals surface area contributed by atoms with Gasteiger partial charge < -0.3 is 4.98 Å². The molecule has 1 N–H and O–H groups in total. The highest BCUT2D eigenvalue weighted by molar-refractivity contribution is 9.09. The van der Waals surface area contributed by atoms with E-state index >= 15 is 0 Å². The smallest absolute Gasteiger partial charge is 0.235 e. The SMILES string of the molecule is O=C1CC(CBr)CN1c1nc(Cl)c2[nH]cnc2n1. The largest absolute Gasteiger partial charge is 0.341 e. The quantitative estimate of drug-likeness (QED) is 0.672. The number of H-pyrrole nitrogens is 1. The van der Waals surface area contributed by atoms with Crippen LogP contribution in [-0.2, 0) is 4.79 Å². The van der Waals surface area contributed by atoms with Crippen molar-refractivity contribution in [2.75, 3.05) is 16.8 Å². The average Bonchev–Trinajstić information content (AvgIpc) is 2.95. The summed E-state index contributed by atoms with van der Waals surface area (Å²) in [7, 11) is 0. The van der Waals surface area contributed by atoms with Gasteiger partial charge in [0.2, 0.25) is 11.9 Å². The van der Waals surface area contributed by atoms with Gasteiger partial charge >= 0.3 is 0 Å². The Morgan fingerprint density at radius 2 is 2.39 bits per heavy atom. The molecule has 8 heteroatoms. The zero-order chi connectivity index (χ0) is 12.7. The molecule has 0 saturated carbocycles. The molecule has 3 heterocycles. The monoisotopic (exact) mass is 329 g/mol. The number of aromatic amines is 1. The Bertz CT molecular complexity index is 615. The van der Waals surface area contributed by atoms with E-state index in [9.17, 15) is 4.79 Å². The second-order valence-electron chi connectivity index (χ2n) is 4.14. The van der Waals surface area contributed by atoms with Crippen molar-refractivity contribution in [3.05, 3.63) is 11.5 Å². The maximum atomic E-state index is 11.9. The van der Waals surface area contributed by atoms with Crippen LogP contribution in [0.1, 0.15) is 6.42 Å². The number of carbonyl (C=O) groups excluding carboxylic acids is 1. The molecule has 0 bridgehead atoms. The molecule has 3 rings (SSSR count). The minimum absolute atomic E-state index is 0.0189. The first-order chi connectivity index (χ1) is 8.69. The summed E-state index contributed by atoms with van der Waals surface area (Å²) >= 11 is 9.42. The molecule has 1 unspecified atom stereocenters. The van der Waals surface area contributed by atoms with Crippen molar-refractivity contribution >= 4 is 50.6 Å². The highest BCUT2D eigenvalue weighted by atomic mass is 79.9. The highest BCUT2D eigenvalue weighted by Crippen LogP contribution is 2.26. The van der Waals surface area contributed by atoms with E-state index in [1.54, 1.807) is 4.90 Å². The number of aromatic nitrogens is 4. The van der Waals surface area contributed by atoms with Crippen molar-refractivity contribution in [3.63, 3.8) is 0 Å². The molecule has 0 spiro atoms. The lowest BCUT2D eigenvalue weighted by Gasteiger charge is -2.13. The molecular formula is C10H9BrClN5O. The van der Waals surface area contributed by atoms with Gasteiger partial charge in [-0.15, -0.1) is 0 Å². The zero-order valence-electron chi connectivity index (χ0n) is 9.23. The first kappa shape index (κ1) is 11.9. The van der Waals surface area contributed by atoms with Crippen molar-refractivity contribution in [2.45, 2.75) is 6.42 Å². The van der Waals surface area contributed by atoms with Crippen LogP contribution < -0.4 is 4.90 Å². The van der Waals surface area contributed by atoms with E-state index in [0.29, 0.717) is 30.1 Å². The molecule has 1 fully saturated rings. The van der Waals surface area contributed by atoms with Crippen LogP contribution in [-0.4, -0.2) is 37.7 Å². The molecule has 1 amide bonds. The Hall–Kier alpha value is -1.21. The fraction of sp³-hybridized carbons (Fsp3) is 0.400. The van der Waals surface area contributed by atoms with Gasteiger partial charge in [0.15, 0.2) is 10.8 Å². The van der Waals surface area contributed by atoms with E-state index in [-0.39, 0.29) is 17.0 Å². The van der Waals surface area contributed by atoms with Gasteiger partial charge in [0.1, 0.15) is 5.52 Å². The number of rotatable bonds is 2. The molecule has 2 aromatic rings. The van der Waals surface area contributed by atoms with Gasteiger partial charge in [-0.3, -0.25) is 9.69 Å². The molecule has 18 heavy (non-hydrogen) atoms. The van der Waals surface area contributed by atoms with Crippen LogP contribution >= 0.6 is 27.5 Å². The third kappa shape index (κ3) is 1.87. The van der Waals surface area contributed by atoms with E-state index in [4.69, 9.17) is 11.6 Å². The molecule has 94 valence electrons. The topological polar surface area (TPSA) is 74.8 Å². The maximum Gasteiger partial charge on any atom is 0.235 e. The molecule has 2 aromatic heterocycles. The van der Waals surface area contributed by atoms with Crippen LogP contribution in [0.4, 0.5) is 5.95 Å². The second kappa shape index (κ2) is 4.47. The summed E-state index contributed by atoms with van der Waals surface area (Å²) in [6.45, 7) is 0.607. The normalized spacial score (nSPS) is 20.0. The molecule has 0 radical (unpaired) electrons. The van der Waals surface area contributed by atoms with E-state index in [0.717, 1.165) is 5.33 Å². The summed E-state index contributed by atoms with van der Waals surface area (Å²) in [4.78, 5) is 28.7. The number of alkyl halides is 1. The average molecular weight is 331 g/mol. The minimum Gasteiger partial charge on any atom is -0.341 e. The number of halogens is 2. The Labute approximate surface area is 116 Å². The van der Waals surface area contributed by atoms with Crippen molar-refractivity contribution in [3.8, 4) is 0 Å². The van der Waals surface area contributed by atoms with Crippen molar-refractivity contribution < 1.29 is 4.79 Å². The molecule has 1 saturated heterocycles. The predicted octanol–water partition coefficient (Wildman–Crippen LogP) is 1.75. The number of hydrogen-bond acceptors (Lipinski definition) is 4. The Kier molecular flexibility index (Phi) is 2.95. The summed E-state index contributed by atoms with van der Waals surface area (Å²) < 4.78 is 0. The van der Waals surface area contributed by atoms with E-state index in [2.05, 4.69) is 35.9 Å². The Morgan fingerprint density at radius 1 is 1.56 bits per heavy atom. The van der Waals surface area contributed by atoms with Crippen molar-refractivity contribution in [2.24, 2.45) is 5.92 Å². The van der Waals surface area contributed by atoms with Crippen LogP contribution in [0.2, 0.25) is 5.15 Å². The summed E-state index contributed by atoms with van der Waals surface area (Å²) in [5, 5.41) is 1.07. The third-order valence-corrected chi connectivity index (χ3v) is 4.08. The fourth-order valence-electron chi connectivity index (χ4n) is 1.99. The number of anilines is 1. The minimum atomic E-state index is 0.0189. The predicted molar refractivity (Wildman–Crippen MR) is 70.9 cm³/mol. The van der Waals surface area contributed by atoms with Crippen LogP contribution in [0.15, 0.2) is 6.33 Å². The molecule has 6 nitrogen and oxygen atoms in total. The summed E-state index contributed by atoms with van der Waals surface area (Å²) in [5.41, 5.74) is 1.06. The number of nitrogens with zero attached hydrogens (tertiary/aromatic N) is 4. The third-order valence-electron chi connectivity index (χ3n) is 2.89. The number of carbonyl (C=O) groups is 1. The van der Waals surface area contributed by atoms with Crippen molar-refractivity contribution in [1.82, 2.24) is 19.9 Å². The van der Waals surface area contributed by atoms with Gasteiger partial charge in [-0.05, 0) is 5.92 Å². The lowest BCUT2D eigenvalue weighted by atomic mass is 10.2. The zero-order valence-corrected chi connectivity index (χ0v) is 11.6. The molecule has 0 aromatic carbocycles. The van der Waals surface area contributed by atoms with Crippen LogP contribution in [0.5, 0.6) is 0 Å². The number of amides is 1. The van der Waals surface area contributed by atoms with Gasteiger partial charge in [-0.2, -0.15) is 9.97 Å². The van der Waals surface area contributed by atoms with E-state index in [1.165, 1.54) is 6.33 Å². The lowest BCUT2D eigenvalue weighted by molar-refractivity contribution is -0.117. The summed E-state index contributed by atoms with van der Waals surface area (Å²) in [6.07, 6.45) is 2.01. The first-order valence-corrected chi connectivity index (χ1v) is 6.92. The number of nitrogens with one attached hydrogen (secondary N) is 1. The Balaban J connectivity index is 2.01. The Morgan fingerprint density at radius 3 is 3.11 bits per heavy atom. The van der Waals surface area contributed by atoms with E-state index < -0.39 is 0 Å². The van der Waals surface area contributed by atoms with Gasteiger partial charge in [0, 0.05) is 18.3 Å². The van der Waals surface area contributed by atoms with Crippen LogP contribution in [0.3, 0.4) is 0 Å². The number of imidazole rings is 1. The summed E-state index contributed by atoms with van der Waals surface area (Å²) in [6, 6.07) is 0. The fourth-order valence-corrected chi connectivity index (χ4v) is 2.63. The molecule has 1 atom stereocenters. The summed E-state index contributed by atoms with van der Waals surface area (Å²) in [5.74, 6) is 0.633. The standard InChI is InChI=1S/C10H9BrClN5O/c11-2-5-1-6(18)17(3-5)10-15-8(12)7-9(16-10)14-4-13-7/h4-5H,1-3H2,(H,13,14,15,16). The van der Waals surface area contributed by atoms with E-state index in [1.807, 2.05) is 0 Å². The van der Waals surface area contributed by atoms with Gasteiger partial charge in [0.25, 0.3) is 0 Å². The highest BCUT2D eigenvalue weighted by Gasteiger charge is 2.32. The first-order valence-electron chi connectivity index (χ1n) is 5.42.